The molecular weight excluding hydrogens is 188 g/mol. The molecule has 4 N–H and O–H groups in total. The zero-order valence-corrected chi connectivity index (χ0v) is 8.43. The molecule has 0 saturated carbocycles. The number of aromatic nitrogens is 2. The Labute approximate surface area is 88.5 Å². The van der Waals surface area contributed by atoms with E-state index >= 15 is 0 Å². The number of hydrogen-bond donors (Lipinski definition) is 2. The Balaban J connectivity index is 2.34. The first-order valence-corrected chi connectivity index (χ1v) is 4.91. The molecule has 0 aliphatic carbocycles. The molecular formula is C11H14N4. The monoisotopic (exact) mass is 202 g/mol. The van der Waals surface area contributed by atoms with Crippen LogP contribution in [0.1, 0.15) is 5.56 Å². The van der Waals surface area contributed by atoms with Gasteiger partial charge < -0.3 is 11.5 Å². The second-order valence-electron chi connectivity index (χ2n) is 3.36. The molecule has 0 aliphatic rings. The van der Waals surface area contributed by atoms with Crippen molar-refractivity contribution in [1.82, 2.24) is 9.78 Å². The van der Waals surface area contributed by atoms with Crippen molar-refractivity contribution in [2.24, 2.45) is 5.73 Å². The molecule has 4 nitrogen and oxygen atoms in total. The van der Waals surface area contributed by atoms with Crippen LogP contribution in [0, 0.1) is 0 Å². The van der Waals surface area contributed by atoms with Gasteiger partial charge in [-0.05, 0) is 25.1 Å². The van der Waals surface area contributed by atoms with E-state index in [1.807, 2.05) is 36.5 Å². The minimum absolute atomic E-state index is 0.560. The fraction of sp³-hybridized carbons (Fsp3) is 0.182. The maximum atomic E-state index is 5.78. The van der Waals surface area contributed by atoms with Crippen molar-refractivity contribution in [3.8, 4) is 5.69 Å². The molecule has 0 saturated heterocycles. The van der Waals surface area contributed by atoms with Gasteiger partial charge in [0, 0.05) is 11.8 Å². The van der Waals surface area contributed by atoms with Crippen molar-refractivity contribution in [3.63, 3.8) is 0 Å². The molecule has 0 spiro atoms. The van der Waals surface area contributed by atoms with Crippen LogP contribution in [0.3, 0.4) is 0 Å². The normalized spacial score (nSPS) is 10.5. The molecule has 0 bridgehead atoms. The Morgan fingerprint density at radius 2 is 1.93 bits per heavy atom. The van der Waals surface area contributed by atoms with Crippen LogP contribution in [0.4, 0.5) is 5.82 Å². The van der Waals surface area contributed by atoms with Crippen molar-refractivity contribution >= 4 is 5.82 Å². The molecule has 78 valence electrons. The Kier molecular flexibility index (Phi) is 2.69. The molecule has 0 radical (unpaired) electrons. The van der Waals surface area contributed by atoms with Crippen LogP contribution in [0.5, 0.6) is 0 Å². The molecule has 0 unspecified atom stereocenters. The van der Waals surface area contributed by atoms with Crippen LogP contribution < -0.4 is 11.5 Å². The summed E-state index contributed by atoms with van der Waals surface area (Å²) in [6, 6.07) is 9.88. The van der Waals surface area contributed by atoms with E-state index < -0.39 is 0 Å². The van der Waals surface area contributed by atoms with Crippen molar-refractivity contribution in [2.75, 3.05) is 12.3 Å². The number of nitrogen functional groups attached to an aromatic ring is 1. The van der Waals surface area contributed by atoms with E-state index in [1.165, 1.54) is 0 Å². The van der Waals surface area contributed by atoms with Gasteiger partial charge in [-0.1, -0.05) is 18.2 Å². The highest BCUT2D eigenvalue weighted by molar-refractivity contribution is 5.41. The number of rotatable bonds is 3. The van der Waals surface area contributed by atoms with Crippen LogP contribution in [-0.4, -0.2) is 16.3 Å². The fourth-order valence-corrected chi connectivity index (χ4v) is 1.48. The van der Waals surface area contributed by atoms with Gasteiger partial charge in [-0.3, -0.25) is 0 Å². The summed E-state index contributed by atoms with van der Waals surface area (Å²) in [5, 5.41) is 4.24. The van der Waals surface area contributed by atoms with Gasteiger partial charge in [-0.15, -0.1) is 0 Å². The van der Waals surface area contributed by atoms with Gasteiger partial charge in [-0.2, -0.15) is 5.10 Å². The summed E-state index contributed by atoms with van der Waals surface area (Å²) < 4.78 is 1.78. The predicted octanol–water partition coefficient (Wildman–Crippen LogP) is 0.956. The average molecular weight is 202 g/mol. The maximum absolute atomic E-state index is 5.78. The number of benzene rings is 1. The summed E-state index contributed by atoms with van der Waals surface area (Å²) in [5.74, 6) is 0.560. The van der Waals surface area contributed by atoms with Crippen LogP contribution in [0.25, 0.3) is 5.69 Å². The fourth-order valence-electron chi connectivity index (χ4n) is 1.48. The molecule has 2 aromatic rings. The van der Waals surface area contributed by atoms with Gasteiger partial charge in [0.1, 0.15) is 5.82 Å². The topological polar surface area (TPSA) is 69.9 Å². The lowest BCUT2D eigenvalue weighted by atomic mass is 10.2. The highest BCUT2D eigenvalue weighted by Crippen LogP contribution is 2.13. The van der Waals surface area contributed by atoms with E-state index in [1.54, 1.807) is 4.68 Å². The summed E-state index contributed by atoms with van der Waals surface area (Å²) >= 11 is 0. The molecule has 0 aliphatic heterocycles. The second-order valence-corrected chi connectivity index (χ2v) is 3.36. The Morgan fingerprint density at radius 3 is 2.60 bits per heavy atom. The number of anilines is 1. The molecule has 0 fully saturated rings. The number of nitrogens with two attached hydrogens (primary N) is 2. The van der Waals surface area contributed by atoms with Crippen LogP contribution in [-0.2, 0) is 6.42 Å². The van der Waals surface area contributed by atoms with Crippen LogP contribution >= 0.6 is 0 Å². The minimum atomic E-state index is 0.560. The van der Waals surface area contributed by atoms with Gasteiger partial charge in [0.05, 0.1) is 5.69 Å². The van der Waals surface area contributed by atoms with Crippen LogP contribution in [0.2, 0.25) is 0 Å². The second kappa shape index (κ2) is 4.14. The molecule has 2 rings (SSSR count). The first kappa shape index (κ1) is 9.73. The number of para-hydroxylation sites is 1. The highest BCUT2D eigenvalue weighted by Gasteiger charge is 2.05. The summed E-state index contributed by atoms with van der Waals surface area (Å²) in [5.41, 5.74) is 13.3. The van der Waals surface area contributed by atoms with Crippen molar-refractivity contribution in [3.05, 3.63) is 42.1 Å². The number of hydrogen-bond acceptors (Lipinski definition) is 3. The van der Waals surface area contributed by atoms with E-state index in [0.717, 1.165) is 17.7 Å². The lowest BCUT2D eigenvalue weighted by Crippen LogP contribution is -2.03. The predicted molar refractivity (Wildman–Crippen MR) is 60.7 cm³/mol. The van der Waals surface area contributed by atoms with Crippen molar-refractivity contribution in [2.45, 2.75) is 6.42 Å². The van der Waals surface area contributed by atoms with Gasteiger partial charge >= 0.3 is 0 Å². The van der Waals surface area contributed by atoms with Gasteiger partial charge in [-0.25, -0.2) is 4.68 Å². The summed E-state index contributed by atoms with van der Waals surface area (Å²) in [4.78, 5) is 0. The summed E-state index contributed by atoms with van der Waals surface area (Å²) in [6.07, 6.45) is 2.69. The molecule has 1 aromatic heterocycles. The van der Waals surface area contributed by atoms with Gasteiger partial charge in [0.2, 0.25) is 0 Å². The summed E-state index contributed by atoms with van der Waals surface area (Å²) in [7, 11) is 0. The van der Waals surface area contributed by atoms with Crippen molar-refractivity contribution < 1.29 is 0 Å². The summed E-state index contributed by atoms with van der Waals surface area (Å²) in [6.45, 7) is 0.588. The average Bonchev–Trinajstić information content (AvgIpc) is 2.63. The number of nitrogens with zero attached hydrogens (tertiary/aromatic N) is 2. The third-order valence-electron chi connectivity index (χ3n) is 2.26. The molecule has 15 heavy (non-hydrogen) atoms. The molecule has 0 atom stereocenters. The smallest absolute Gasteiger partial charge is 0.149 e. The van der Waals surface area contributed by atoms with E-state index in [2.05, 4.69) is 5.10 Å². The molecule has 1 aromatic carbocycles. The lowest BCUT2D eigenvalue weighted by Gasteiger charge is -1.98. The largest absolute Gasteiger partial charge is 0.382 e. The molecule has 0 amide bonds. The standard InChI is InChI=1S/C11H14N4/c12-7-6-9-8-15(14-11(9)13)10-4-2-1-3-5-10/h1-5,8H,6-7,12H2,(H2,13,14). The lowest BCUT2D eigenvalue weighted by molar-refractivity contribution is 0.883. The van der Waals surface area contributed by atoms with E-state index in [4.69, 9.17) is 11.5 Å². The Bertz CT molecular complexity index is 433. The third kappa shape index (κ3) is 1.99. The van der Waals surface area contributed by atoms with Crippen LogP contribution in [0.15, 0.2) is 36.5 Å². The zero-order chi connectivity index (χ0) is 10.7. The van der Waals surface area contributed by atoms with E-state index in [0.29, 0.717) is 12.4 Å². The Hall–Kier alpha value is -1.81. The Morgan fingerprint density at radius 1 is 1.20 bits per heavy atom. The molecule has 1 heterocycles. The van der Waals surface area contributed by atoms with Gasteiger partial charge in [0.25, 0.3) is 0 Å². The highest BCUT2D eigenvalue weighted by atomic mass is 15.3. The van der Waals surface area contributed by atoms with Crippen molar-refractivity contribution in [1.29, 1.82) is 0 Å². The first-order chi connectivity index (χ1) is 7.31. The minimum Gasteiger partial charge on any atom is -0.382 e. The van der Waals surface area contributed by atoms with Gasteiger partial charge in [0.15, 0.2) is 0 Å². The first-order valence-electron chi connectivity index (χ1n) is 4.91. The third-order valence-corrected chi connectivity index (χ3v) is 2.26. The maximum Gasteiger partial charge on any atom is 0.149 e. The molecule has 4 heteroatoms. The zero-order valence-electron chi connectivity index (χ0n) is 8.43. The SMILES string of the molecule is NCCc1cn(-c2ccccc2)nc1N. The quantitative estimate of drug-likeness (QED) is 0.778. The van der Waals surface area contributed by atoms with E-state index in [9.17, 15) is 0 Å². The van der Waals surface area contributed by atoms with E-state index in [-0.39, 0.29) is 0 Å².